The average molecular weight is 445 g/mol. The number of carbonyl (C=O) groups excluding carboxylic acids is 2. The second kappa shape index (κ2) is 8.88. The molecule has 0 bridgehead atoms. The molecule has 2 amide bonds. The van der Waals surface area contributed by atoms with Gasteiger partial charge in [0.15, 0.2) is 0 Å². The Morgan fingerprint density at radius 1 is 0.871 bits per heavy atom. The van der Waals surface area contributed by atoms with Gasteiger partial charge in [-0.05, 0) is 49.2 Å². The van der Waals surface area contributed by atoms with Crippen molar-refractivity contribution in [3.05, 3.63) is 60.4 Å². The number of hydrogen-bond acceptors (Lipinski definition) is 4. The lowest BCUT2D eigenvalue weighted by atomic mass is 10.1. The fourth-order valence-electron chi connectivity index (χ4n) is 4.52. The maximum atomic E-state index is 13.7. The van der Waals surface area contributed by atoms with E-state index in [0.29, 0.717) is 12.8 Å². The number of amides is 2. The van der Waals surface area contributed by atoms with Gasteiger partial charge in [0.25, 0.3) is 5.91 Å². The number of hydrogen-bond donors (Lipinski definition) is 0. The van der Waals surface area contributed by atoms with Gasteiger partial charge in [0.2, 0.25) is 15.9 Å². The number of nitrogens with zero attached hydrogens (tertiary/aromatic N) is 2. The van der Waals surface area contributed by atoms with Crippen molar-refractivity contribution in [3.63, 3.8) is 0 Å². The summed E-state index contributed by atoms with van der Waals surface area (Å²) in [7, 11) is -4.00. The van der Waals surface area contributed by atoms with E-state index in [1.165, 1.54) is 40.7 Å². The van der Waals surface area contributed by atoms with E-state index in [1.807, 2.05) is 0 Å². The van der Waals surface area contributed by atoms with E-state index in [1.54, 1.807) is 18.2 Å². The molecule has 6 nitrogen and oxygen atoms in total. The molecule has 1 aliphatic carbocycles. The van der Waals surface area contributed by atoms with Crippen molar-refractivity contribution >= 4 is 27.5 Å². The Morgan fingerprint density at radius 3 is 2.10 bits per heavy atom. The predicted octanol–water partition coefficient (Wildman–Crippen LogP) is 3.87. The van der Waals surface area contributed by atoms with E-state index in [0.717, 1.165) is 30.6 Å². The number of imide groups is 1. The first kappa shape index (κ1) is 21.6. The van der Waals surface area contributed by atoms with Crippen LogP contribution in [0, 0.1) is 5.82 Å². The van der Waals surface area contributed by atoms with Crippen LogP contribution in [0.4, 0.5) is 10.1 Å². The maximum absolute atomic E-state index is 13.7. The normalized spacial score (nSPS) is 21.0. The maximum Gasteiger partial charge on any atom is 0.252 e. The molecule has 0 radical (unpaired) electrons. The van der Waals surface area contributed by atoms with Gasteiger partial charge in [-0.3, -0.25) is 9.59 Å². The molecule has 2 aliphatic rings. The minimum absolute atomic E-state index is 0.111. The zero-order valence-electron chi connectivity index (χ0n) is 17.1. The van der Waals surface area contributed by atoms with Gasteiger partial charge in [-0.15, -0.1) is 0 Å². The minimum atomic E-state index is -4.00. The van der Waals surface area contributed by atoms with Gasteiger partial charge in [0, 0.05) is 6.04 Å². The Bertz CT molecular complexity index is 1050. The number of halogens is 1. The first-order chi connectivity index (χ1) is 14.9. The second-order valence-electron chi connectivity index (χ2n) is 8.06. The van der Waals surface area contributed by atoms with Crippen molar-refractivity contribution in [2.45, 2.75) is 61.9 Å². The zero-order valence-corrected chi connectivity index (χ0v) is 17.9. The molecule has 2 fully saturated rings. The summed E-state index contributed by atoms with van der Waals surface area (Å²) in [4.78, 5) is 27.2. The van der Waals surface area contributed by atoms with E-state index in [4.69, 9.17) is 0 Å². The fourth-order valence-corrected chi connectivity index (χ4v) is 6.37. The van der Waals surface area contributed by atoms with Crippen molar-refractivity contribution in [2.24, 2.45) is 0 Å². The molecule has 164 valence electrons. The summed E-state index contributed by atoms with van der Waals surface area (Å²) in [5, 5.41) is 0. The predicted molar refractivity (Wildman–Crippen MR) is 114 cm³/mol. The Morgan fingerprint density at radius 2 is 1.48 bits per heavy atom. The standard InChI is InChI=1S/C23H25FN2O4S/c24-17-12-14-18(15-13-17)25-22(27)16-21(23(25)28)26(19-8-4-1-2-5-9-19)31(29,30)20-10-6-3-7-11-20/h3,6-7,10-15,19,21H,1-2,4-5,8-9,16H2. The van der Waals surface area contributed by atoms with Crippen molar-refractivity contribution in [2.75, 3.05) is 4.90 Å². The number of sulfonamides is 1. The van der Waals surface area contributed by atoms with Crippen LogP contribution in [0.2, 0.25) is 0 Å². The van der Waals surface area contributed by atoms with Gasteiger partial charge in [-0.25, -0.2) is 17.7 Å². The van der Waals surface area contributed by atoms with Crippen LogP contribution in [-0.4, -0.2) is 36.6 Å². The van der Waals surface area contributed by atoms with Crippen molar-refractivity contribution in [3.8, 4) is 0 Å². The molecule has 0 spiro atoms. The van der Waals surface area contributed by atoms with Crippen LogP contribution < -0.4 is 4.90 Å². The van der Waals surface area contributed by atoms with Gasteiger partial charge < -0.3 is 0 Å². The third kappa shape index (κ3) is 4.27. The van der Waals surface area contributed by atoms with E-state index in [2.05, 4.69) is 0 Å². The average Bonchev–Trinajstić information content (AvgIpc) is 2.92. The van der Waals surface area contributed by atoms with E-state index < -0.39 is 33.7 Å². The molecular weight excluding hydrogens is 419 g/mol. The van der Waals surface area contributed by atoms with Gasteiger partial charge >= 0.3 is 0 Å². The molecule has 0 aromatic heterocycles. The molecule has 1 atom stereocenters. The largest absolute Gasteiger partial charge is 0.274 e. The van der Waals surface area contributed by atoms with Crippen molar-refractivity contribution < 1.29 is 22.4 Å². The molecule has 1 saturated heterocycles. The highest BCUT2D eigenvalue weighted by Crippen LogP contribution is 2.34. The van der Waals surface area contributed by atoms with Crippen LogP contribution in [0.1, 0.15) is 44.9 Å². The monoisotopic (exact) mass is 444 g/mol. The Kier molecular flexibility index (Phi) is 6.20. The first-order valence-corrected chi connectivity index (χ1v) is 12.0. The third-order valence-corrected chi connectivity index (χ3v) is 7.99. The SMILES string of the molecule is O=C1CC(N(C2CCCCCC2)S(=O)(=O)c2ccccc2)C(=O)N1c1ccc(F)cc1. The summed E-state index contributed by atoms with van der Waals surface area (Å²) in [6.07, 6.45) is 4.88. The van der Waals surface area contributed by atoms with Crippen LogP contribution in [0.5, 0.6) is 0 Å². The number of carbonyl (C=O) groups is 2. The Hall–Kier alpha value is -2.58. The molecule has 1 unspecified atom stereocenters. The summed E-state index contributed by atoms with van der Waals surface area (Å²) in [5.41, 5.74) is 0.247. The summed E-state index contributed by atoms with van der Waals surface area (Å²) in [5.74, 6) is -1.55. The Labute approximate surface area is 181 Å². The van der Waals surface area contributed by atoms with Gasteiger partial charge in [0.05, 0.1) is 17.0 Å². The highest BCUT2D eigenvalue weighted by atomic mass is 32.2. The minimum Gasteiger partial charge on any atom is -0.274 e. The molecular formula is C23H25FN2O4S. The van der Waals surface area contributed by atoms with E-state index >= 15 is 0 Å². The third-order valence-electron chi connectivity index (χ3n) is 6.02. The highest BCUT2D eigenvalue weighted by molar-refractivity contribution is 7.89. The quantitative estimate of drug-likeness (QED) is 0.518. The molecule has 1 aliphatic heterocycles. The van der Waals surface area contributed by atoms with Crippen molar-refractivity contribution in [1.82, 2.24) is 4.31 Å². The summed E-state index contributed by atoms with van der Waals surface area (Å²) >= 11 is 0. The topological polar surface area (TPSA) is 74.8 Å². The smallest absolute Gasteiger partial charge is 0.252 e. The lowest BCUT2D eigenvalue weighted by molar-refractivity contribution is -0.122. The highest BCUT2D eigenvalue weighted by Gasteiger charge is 2.49. The molecule has 0 N–H and O–H groups in total. The fraction of sp³-hybridized carbons (Fsp3) is 0.391. The number of anilines is 1. The van der Waals surface area contributed by atoms with Crippen LogP contribution in [-0.2, 0) is 19.6 Å². The van der Waals surface area contributed by atoms with Crippen LogP contribution in [0.15, 0.2) is 59.5 Å². The molecule has 1 heterocycles. The molecule has 31 heavy (non-hydrogen) atoms. The molecule has 8 heteroatoms. The van der Waals surface area contributed by atoms with Crippen LogP contribution in [0.3, 0.4) is 0 Å². The van der Waals surface area contributed by atoms with Gasteiger partial charge in [0.1, 0.15) is 11.9 Å². The van der Waals surface area contributed by atoms with E-state index in [9.17, 15) is 22.4 Å². The summed E-state index contributed by atoms with van der Waals surface area (Å²) < 4.78 is 41.9. The molecule has 2 aromatic carbocycles. The summed E-state index contributed by atoms with van der Waals surface area (Å²) in [6.45, 7) is 0. The number of benzene rings is 2. The van der Waals surface area contributed by atoms with Crippen LogP contribution in [0.25, 0.3) is 0 Å². The molecule has 4 rings (SSSR count). The first-order valence-electron chi connectivity index (χ1n) is 10.6. The van der Waals surface area contributed by atoms with Gasteiger partial charge in [-0.1, -0.05) is 43.9 Å². The molecule has 2 aromatic rings. The van der Waals surface area contributed by atoms with Crippen molar-refractivity contribution in [1.29, 1.82) is 0 Å². The lowest BCUT2D eigenvalue weighted by Crippen LogP contribution is -2.50. The van der Waals surface area contributed by atoms with Crippen LogP contribution >= 0.6 is 0 Å². The Balaban J connectivity index is 1.74. The second-order valence-corrected chi connectivity index (χ2v) is 9.90. The van der Waals surface area contributed by atoms with Gasteiger partial charge in [-0.2, -0.15) is 4.31 Å². The lowest BCUT2D eigenvalue weighted by Gasteiger charge is -2.33. The zero-order chi connectivity index (χ0) is 22.0. The van der Waals surface area contributed by atoms with E-state index in [-0.39, 0.29) is 23.0 Å². The summed E-state index contributed by atoms with van der Waals surface area (Å²) in [6, 6.07) is 11.7. The number of rotatable bonds is 5. The molecule has 1 saturated carbocycles.